The summed E-state index contributed by atoms with van der Waals surface area (Å²) in [7, 11) is 0. The third-order valence-electron chi connectivity index (χ3n) is 13.9. The summed E-state index contributed by atoms with van der Waals surface area (Å²) in [5.41, 5.74) is 0. The molecule has 6 heteroatoms. The summed E-state index contributed by atoms with van der Waals surface area (Å²) in [5, 5.41) is 0. The average Bonchev–Trinajstić information content (AvgIpc) is 3.46. The fourth-order valence-corrected chi connectivity index (χ4v) is 8.88. The van der Waals surface area contributed by atoms with Crippen molar-refractivity contribution in [3.8, 4) is 0 Å². The van der Waals surface area contributed by atoms with Crippen LogP contribution in [-0.4, -0.2) is 37.2 Å². The van der Waals surface area contributed by atoms with Crippen molar-refractivity contribution in [3.05, 3.63) is 134 Å². The van der Waals surface area contributed by atoms with Gasteiger partial charge in [0.15, 0.2) is 6.10 Å². The van der Waals surface area contributed by atoms with Crippen LogP contribution in [0.1, 0.15) is 297 Å². The Bertz CT molecular complexity index is 1700. The van der Waals surface area contributed by atoms with Crippen molar-refractivity contribution in [1.82, 2.24) is 0 Å². The van der Waals surface area contributed by atoms with Gasteiger partial charge in [-0.25, -0.2) is 0 Å². The van der Waals surface area contributed by atoms with Crippen LogP contribution in [0.2, 0.25) is 0 Å². The van der Waals surface area contributed by atoms with E-state index < -0.39 is 6.10 Å². The van der Waals surface area contributed by atoms with Crippen molar-refractivity contribution in [1.29, 1.82) is 0 Å². The normalized spacial score (nSPS) is 13.0. The van der Waals surface area contributed by atoms with Crippen molar-refractivity contribution in [3.63, 3.8) is 0 Å². The van der Waals surface area contributed by atoms with Gasteiger partial charge in [0.05, 0.1) is 0 Å². The highest BCUT2D eigenvalue weighted by Gasteiger charge is 2.19. The minimum atomic E-state index is -0.801. The highest BCUT2D eigenvalue weighted by atomic mass is 16.6. The fourth-order valence-electron chi connectivity index (χ4n) is 8.88. The molecule has 6 nitrogen and oxygen atoms in total. The maximum absolute atomic E-state index is 12.9. The largest absolute Gasteiger partial charge is 0.462 e. The summed E-state index contributed by atoms with van der Waals surface area (Å²) in [6, 6.07) is 0. The Morgan fingerprint density at radius 1 is 0.263 bits per heavy atom. The van der Waals surface area contributed by atoms with Crippen LogP contribution >= 0.6 is 0 Å². The number of carbonyl (C=O) groups is 3. The van der Waals surface area contributed by atoms with Gasteiger partial charge >= 0.3 is 17.9 Å². The van der Waals surface area contributed by atoms with Gasteiger partial charge in [0.2, 0.25) is 0 Å². The zero-order valence-corrected chi connectivity index (χ0v) is 52.0. The minimum Gasteiger partial charge on any atom is -0.462 e. The molecule has 0 N–H and O–H groups in total. The third-order valence-corrected chi connectivity index (χ3v) is 13.9. The lowest BCUT2D eigenvalue weighted by molar-refractivity contribution is -0.167. The predicted octanol–water partition coefficient (Wildman–Crippen LogP) is 22.9. The zero-order valence-electron chi connectivity index (χ0n) is 52.0. The molecule has 0 fully saturated rings. The molecule has 80 heavy (non-hydrogen) atoms. The second kappa shape index (κ2) is 67.1. The summed E-state index contributed by atoms with van der Waals surface area (Å²) in [6.07, 6.45) is 94.5. The number of hydrogen-bond acceptors (Lipinski definition) is 6. The summed E-state index contributed by atoms with van der Waals surface area (Å²) >= 11 is 0. The number of carbonyl (C=O) groups excluding carboxylic acids is 3. The van der Waals surface area contributed by atoms with E-state index in [0.29, 0.717) is 19.3 Å². The first-order chi connectivity index (χ1) is 39.5. The van der Waals surface area contributed by atoms with Gasteiger partial charge in [-0.2, -0.15) is 0 Å². The third kappa shape index (κ3) is 64.4. The number of hydrogen-bond donors (Lipinski definition) is 0. The molecule has 0 aromatic carbocycles. The molecule has 0 radical (unpaired) electrons. The Morgan fingerprint density at radius 2 is 0.500 bits per heavy atom. The lowest BCUT2D eigenvalue weighted by Crippen LogP contribution is -2.30. The van der Waals surface area contributed by atoms with Crippen LogP contribution in [0.25, 0.3) is 0 Å². The maximum Gasteiger partial charge on any atom is 0.306 e. The van der Waals surface area contributed by atoms with Gasteiger partial charge < -0.3 is 14.2 Å². The van der Waals surface area contributed by atoms with E-state index in [2.05, 4.69) is 154 Å². The molecule has 0 aliphatic heterocycles. The first kappa shape index (κ1) is 75.5. The number of esters is 3. The second-order valence-electron chi connectivity index (χ2n) is 21.6. The van der Waals surface area contributed by atoms with Gasteiger partial charge in [0, 0.05) is 19.3 Å². The Morgan fingerprint density at radius 3 is 0.800 bits per heavy atom. The summed E-state index contributed by atoms with van der Waals surface area (Å²) < 4.78 is 16.9. The smallest absolute Gasteiger partial charge is 0.306 e. The van der Waals surface area contributed by atoms with Crippen molar-refractivity contribution >= 4 is 17.9 Å². The first-order valence-electron chi connectivity index (χ1n) is 33.2. The van der Waals surface area contributed by atoms with Gasteiger partial charge in [-0.3, -0.25) is 14.4 Å². The van der Waals surface area contributed by atoms with Gasteiger partial charge in [0.25, 0.3) is 0 Å². The highest BCUT2D eigenvalue weighted by molar-refractivity contribution is 5.71. The Kier molecular flexibility index (Phi) is 63.3. The molecule has 454 valence electrons. The molecule has 1 unspecified atom stereocenters. The number of rotatable bonds is 59. The van der Waals surface area contributed by atoms with Crippen LogP contribution in [0.5, 0.6) is 0 Å². The quantitative estimate of drug-likeness (QED) is 0.0261. The van der Waals surface area contributed by atoms with Gasteiger partial charge in [-0.05, 0) is 135 Å². The van der Waals surface area contributed by atoms with Gasteiger partial charge in [0.1, 0.15) is 13.2 Å². The highest BCUT2D eigenvalue weighted by Crippen LogP contribution is 2.15. The van der Waals surface area contributed by atoms with E-state index in [1.165, 1.54) is 103 Å². The molecule has 0 aliphatic rings. The van der Waals surface area contributed by atoms with Crippen molar-refractivity contribution in [2.45, 2.75) is 303 Å². The molecule has 0 rings (SSSR count). The second-order valence-corrected chi connectivity index (χ2v) is 21.6. The standard InChI is InChI=1S/C74H122O6/c1-4-7-10-13-16-19-22-25-28-30-32-34-35-36-37-38-39-41-42-44-46-49-52-55-58-61-64-67-73(76)79-70-71(69-78-72(75)66-63-60-57-54-51-48-27-24-21-18-15-12-9-6-3)80-74(77)68-65-62-59-56-53-50-47-45-43-40-33-31-29-26-23-20-17-14-11-8-5-2/h7,10,15-16,18-19,23-28,31-34,36-37,39,41,43,45,71H,4-6,8-9,11-14,17,20-22,29-30,35,38,40,42,44,46-70H2,1-3H3/b10-7-,18-15-,19-16-,26-23-,27-24-,28-25-,33-31-,34-32-,37-36-,41-39-,45-43-. The van der Waals surface area contributed by atoms with Crippen LogP contribution in [0.15, 0.2) is 134 Å². The van der Waals surface area contributed by atoms with Crippen molar-refractivity contribution in [2.75, 3.05) is 13.2 Å². The average molecular weight is 1110 g/mol. The molecule has 0 aliphatic carbocycles. The van der Waals surface area contributed by atoms with E-state index in [9.17, 15) is 14.4 Å². The number of allylic oxidation sites excluding steroid dienone is 22. The predicted molar refractivity (Wildman–Crippen MR) is 348 cm³/mol. The van der Waals surface area contributed by atoms with Crippen LogP contribution in [0, 0.1) is 0 Å². The fraction of sp³-hybridized carbons (Fsp3) is 0.662. The Balaban J connectivity index is 4.40. The monoisotopic (exact) mass is 1110 g/mol. The van der Waals surface area contributed by atoms with E-state index in [0.717, 1.165) is 154 Å². The summed E-state index contributed by atoms with van der Waals surface area (Å²) in [4.78, 5) is 38.4. The van der Waals surface area contributed by atoms with E-state index in [-0.39, 0.29) is 31.1 Å². The number of unbranched alkanes of at least 4 members (excludes halogenated alkanes) is 26. The zero-order chi connectivity index (χ0) is 57.8. The van der Waals surface area contributed by atoms with Crippen LogP contribution in [-0.2, 0) is 28.6 Å². The summed E-state index contributed by atoms with van der Waals surface area (Å²) in [6.45, 7) is 6.46. The minimum absolute atomic E-state index is 0.0958. The molecule has 0 saturated heterocycles. The van der Waals surface area contributed by atoms with Crippen LogP contribution in [0.4, 0.5) is 0 Å². The molecular weight excluding hydrogens is 985 g/mol. The molecule has 0 heterocycles. The van der Waals surface area contributed by atoms with Gasteiger partial charge in [-0.15, -0.1) is 0 Å². The molecule has 1 atom stereocenters. The van der Waals surface area contributed by atoms with Crippen molar-refractivity contribution < 1.29 is 28.6 Å². The maximum atomic E-state index is 12.9. The molecule has 0 amide bonds. The first-order valence-corrected chi connectivity index (χ1v) is 33.2. The van der Waals surface area contributed by atoms with E-state index >= 15 is 0 Å². The molecule has 0 saturated carbocycles. The Hall–Kier alpha value is -4.45. The van der Waals surface area contributed by atoms with Crippen molar-refractivity contribution in [2.24, 2.45) is 0 Å². The Labute approximate surface area is 494 Å². The molecular formula is C74H122O6. The number of ether oxygens (including phenoxy) is 3. The van der Waals surface area contributed by atoms with E-state index in [1.54, 1.807) is 0 Å². The molecule has 0 aromatic heterocycles. The lowest BCUT2D eigenvalue weighted by Gasteiger charge is -2.18. The SMILES string of the molecule is CC/C=C\C/C=C\C/C=C\C/C=C\C/C=C\C/C=C\CCCCCCCCCCC(=O)OCC(COC(=O)CCCCCCC/C=C\C/C=C\CCCC)OC(=O)CCCCCCCC/C=C\C/C=C\C/C=C\CCCCCCC. The molecule has 0 spiro atoms. The summed E-state index contributed by atoms with van der Waals surface area (Å²) in [5.74, 6) is -0.926. The van der Waals surface area contributed by atoms with Crippen LogP contribution < -0.4 is 0 Å². The topological polar surface area (TPSA) is 78.9 Å². The van der Waals surface area contributed by atoms with E-state index in [1.807, 2.05) is 0 Å². The molecule has 0 bridgehead atoms. The molecule has 0 aromatic rings. The van der Waals surface area contributed by atoms with Crippen LogP contribution in [0.3, 0.4) is 0 Å². The van der Waals surface area contributed by atoms with E-state index in [4.69, 9.17) is 14.2 Å². The lowest BCUT2D eigenvalue weighted by atomic mass is 10.1. The van der Waals surface area contributed by atoms with Gasteiger partial charge in [-0.1, -0.05) is 276 Å².